The highest BCUT2D eigenvalue weighted by Crippen LogP contribution is 2.44. The van der Waals surface area contributed by atoms with Crippen LogP contribution < -0.4 is 5.32 Å². The normalized spacial score (nSPS) is 14.9. The van der Waals surface area contributed by atoms with E-state index in [-0.39, 0.29) is 36.9 Å². The lowest BCUT2D eigenvalue weighted by atomic mass is 9.88. The van der Waals surface area contributed by atoms with Gasteiger partial charge in [-0.15, -0.1) is 0 Å². The Morgan fingerprint density at radius 2 is 1.48 bits per heavy atom. The fourth-order valence-electron chi connectivity index (χ4n) is 5.94. The van der Waals surface area contributed by atoms with Crippen LogP contribution in [0.4, 0.5) is 4.79 Å². The van der Waals surface area contributed by atoms with E-state index >= 15 is 0 Å². The average Bonchev–Trinajstić information content (AvgIpc) is 3.37. The molecular weight excluding hydrogens is 630 g/mol. The first-order valence-corrected chi connectivity index (χ1v) is 17.2. The number of hydrogen-bond donors (Lipinski definition) is 2. The fraction of sp³-hybridized carbons (Fsp3) is 0.405. The van der Waals surface area contributed by atoms with E-state index in [0.29, 0.717) is 6.42 Å². The van der Waals surface area contributed by atoms with E-state index in [1.54, 1.807) is 26.8 Å². The van der Waals surface area contributed by atoms with Gasteiger partial charge in [0.1, 0.15) is 24.4 Å². The van der Waals surface area contributed by atoms with Crippen molar-refractivity contribution in [2.75, 3.05) is 6.61 Å². The molecule has 3 atom stereocenters. The van der Waals surface area contributed by atoms with Gasteiger partial charge in [0.2, 0.25) is 0 Å². The molecule has 1 amide bonds. The number of aliphatic hydroxyl groups excluding tert-OH is 1. The lowest BCUT2D eigenvalue weighted by Gasteiger charge is -2.28. The summed E-state index contributed by atoms with van der Waals surface area (Å²) in [4.78, 5) is 39.5. The second-order valence-electron chi connectivity index (χ2n) is 15.1. The molecule has 2 unspecified atom stereocenters. The van der Waals surface area contributed by atoms with Crippen LogP contribution in [0.1, 0.15) is 89.5 Å². The van der Waals surface area contributed by atoms with E-state index < -0.39 is 35.8 Å². The van der Waals surface area contributed by atoms with Crippen molar-refractivity contribution in [3.8, 4) is 11.1 Å². The Hall–Kier alpha value is -4.69. The number of hydrogen-bond acceptors (Lipinski definition) is 7. The lowest BCUT2D eigenvalue weighted by molar-refractivity contribution is -0.153. The lowest BCUT2D eigenvalue weighted by Crippen LogP contribution is -2.46. The molecule has 0 bridgehead atoms. The molecule has 0 aromatic heterocycles. The van der Waals surface area contributed by atoms with Gasteiger partial charge in [0.15, 0.2) is 0 Å². The molecule has 0 aliphatic heterocycles. The van der Waals surface area contributed by atoms with Crippen molar-refractivity contribution in [3.05, 3.63) is 113 Å². The molecule has 3 aromatic carbocycles. The summed E-state index contributed by atoms with van der Waals surface area (Å²) in [5.41, 5.74) is 5.22. The minimum absolute atomic E-state index is 0.0395. The number of esters is 2. The number of carbonyl (C=O) groups is 3. The van der Waals surface area contributed by atoms with Gasteiger partial charge in [0.25, 0.3) is 0 Å². The number of nitrogens with one attached hydrogen (secondary N) is 1. The molecule has 0 saturated heterocycles. The third kappa shape index (κ3) is 11.2. The molecule has 8 heteroatoms. The van der Waals surface area contributed by atoms with Gasteiger partial charge in [0, 0.05) is 24.3 Å². The number of alkyl carbamates (subject to hydrolysis) is 1. The zero-order valence-corrected chi connectivity index (χ0v) is 30.3. The molecule has 0 saturated carbocycles. The van der Waals surface area contributed by atoms with Crippen molar-refractivity contribution >= 4 is 24.1 Å². The summed E-state index contributed by atoms with van der Waals surface area (Å²) >= 11 is 0. The maximum Gasteiger partial charge on any atom is 0.407 e. The fourth-order valence-corrected chi connectivity index (χ4v) is 5.94. The van der Waals surface area contributed by atoms with Gasteiger partial charge >= 0.3 is 18.0 Å². The van der Waals surface area contributed by atoms with Gasteiger partial charge in [-0.1, -0.05) is 119 Å². The van der Waals surface area contributed by atoms with Crippen molar-refractivity contribution in [1.29, 1.82) is 0 Å². The van der Waals surface area contributed by atoms with E-state index in [9.17, 15) is 19.5 Å². The second kappa shape index (κ2) is 16.8. The van der Waals surface area contributed by atoms with Crippen molar-refractivity contribution < 1.29 is 33.7 Å². The predicted molar refractivity (Wildman–Crippen MR) is 196 cm³/mol. The molecule has 0 fully saturated rings. The number of rotatable bonds is 13. The Balaban J connectivity index is 1.48. The number of benzene rings is 3. The van der Waals surface area contributed by atoms with Crippen molar-refractivity contribution in [1.82, 2.24) is 5.32 Å². The van der Waals surface area contributed by atoms with Crippen LogP contribution in [0.25, 0.3) is 17.2 Å². The molecule has 266 valence electrons. The van der Waals surface area contributed by atoms with Gasteiger partial charge in [-0.05, 0) is 66.0 Å². The maximum absolute atomic E-state index is 13.8. The first-order valence-electron chi connectivity index (χ1n) is 17.2. The topological polar surface area (TPSA) is 111 Å². The van der Waals surface area contributed by atoms with Crippen LogP contribution in [-0.2, 0) is 30.4 Å². The SMILES string of the molecule is CC(/C=C\c1ccc(CO)cc1)C(C/C=C/C(=O)OC(C)(C)C)OC(=O)[C@H](CC(C)(C)C)NC(=O)OCC1c2ccccc2-c2ccccc21. The molecule has 4 rings (SSSR count). The zero-order chi connectivity index (χ0) is 36.5. The quantitative estimate of drug-likeness (QED) is 0.106. The third-order valence-electron chi connectivity index (χ3n) is 8.37. The number of carbonyl (C=O) groups excluding carboxylic acids is 3. The standard InChI is InChI=1S/C42H51NO7/c1-28(19-20-29-21-23-30(26-44)24-22-29)37(17-12-18-38(45)50-42(5,6)7)49-39(46)36(25-41(2,3)4)43-40(47)48-27-35-33-15-10-8-13-31(33)32-14-9-11-16-34(32)35/h8-16,18-24,28,35-37,44H,17,25-27H2,1-7H3,(H,43,47)/b18-12+,20-19-/t28?,36-,37?/m0/s1. The molecule has 2 N–H and O–H groups in total. The number of ether oxygens (including phenoxy) is 3. The van der Waals surface area contributed by atoms with Gasteiger partial charge in [-0.3, -0.25) is 0 Å². The maximum atomic E-state index is 13.8. The van der Waals surface area contributed by atoms with E-state index in [4.69, 9.17) is 14.2 Å². The van der Waals surface area contributed by atoms with Crippen LogP contribution in [0, 0.1) is 11.3 Å². The van der Waals surface area contributed by atoms with E-state index in [1.807, 2.05) is 88.4 Å². The summed E-state index contributed by atoms with van der Waals surface area (Å²) in [6.07, 6.45) is 6.06. The zero-order valence-electron chi connectivity index (χ0n) is 30.3. The Labute approximate surface area is 296 Å². The first-order chi connectivity index (χ1) is 23.6. The van der Waals surface area contributed by atoms with Crippen LogP contribution in [0.5, 0.6) is 0 Å². The van der Waals surface area contributed by atoms with Crippen LogP contribution >= 0.6 is 0 Å². The Kier molecular flexibility index (Phi) is 12.8. The van der Waals surface area contributed by atoms with Gasteiger partial charge in [-0.2, -0.15) is 0 Å². The molecule has 3 aromatic rings. The molecule has 0 radical (unpaired) electrons. The molecule has 0 heterocycles. The molecule has 50 heavy (non-hydrogen) atoms. The van der Waals surface area contributed by atoms with Crippen molar-refractivity contribution in [2.45, 2.75) is 91.6 Å². The number of fused-ring (bicyclic) bond motifs is 3. The first kappa shape index (κ1) is 38.1. The molecule has 8 nitrogen and oxygen atoms in total. The van der Waals surface area contributed by atoms with E-state index in [1.165, 1.54) is 6.08 Å². The van der Waals surface area contributed by atoms with Gasteiger partial charge < -0.3 is 24.6 Å². The molecule has 1 aliphatic carbocycles. The second-order valence-corrected chi connectivity index (χ2v) is 15.1. The number of amides is 1. The monoisotopic (exact) mass is 681 g/mol. The Bertz CT molecular complexity index is 1630. The summed E-state index contributed by atoms with van der Waals surface area (Å²) in [5, 5.41) is 12.2. The smallest absolute Gasteiger partial charge is 0.407 e. The van der Waals surface area contributed by atoms with Crippen molar-refractivity contribution in [3.63, 3.8) is 0 Å². The highest BCUT2D eigenvalue weighted by molar-refractivity contribution is 5.83. The molecule has 0 spiro atoms. The largest absolute Gasteiger partial charge is 0.460 e. The van der Waals surface area contributed by atoms with Crippen LogP contribution in [0.15, 0.2) is 91.0 Å². The Morgan fingerprint density at radius 1 is 0.880 bits per heavy atom. The third-order valence-corrected chi connectivity index (χ3v) is 8.37. The van der Waals surface area contributed by atoms with Crippen LogP contribution in [0.2, 0.25) is 0 Å². The van der Waals surface area contributed by atoms with Crippen molar-refractivity contribution in [2.24, 2.45) is 11.3 Å². The van der Waals surface area contributed by atoms with E-state index in [2.05, 4.69) is 29.6 Å². The Morgan fingerprint density at radius 3 is 2.04 bits per heavy atom. The predicted octanol–water partition coefficient (Wildman–Crippen LogP) is 8.37. The minimum atomic E-state index is -0.967. The summed E-state index contributed by atoms with van der Waals surface area (Å²) in [5.74, 6) is -1.45. The van der Waals surface area contributed by atoms with E-state index in [0.717, 1.165) is 33.4 Å². The summed E-state index contributed by atoms with van der Waals surface area (Å²) in [7, 11) is 0. The summed E-state index contributed by atoms with van der Waals surface area (Å²) in [6.45, 7) is 13.4. The number of aliphatic hydroxyl groups is 1. The summed E-state index contributed by atoms with van der Waals surface area (Å²) < 4.78 is 17.3. The van der Waals surface area contributed by atoms with Gasteiger partial charge in [-0.25, -0.2) is 14.4 Å². The highest BCUT2D eigenvalue weighted by atomic mass is 16.6. The van der Waals surface area contributed by atoms with Crippen LogP contribution in [0.3, 0.4) is 0 Å². The molecular formula is C42H51NO7. The average molecular weight is 682 g/mol. The molecule has 1 aliphatic rings. The minimum Gasteiger partial charge on any atom is -0.460 e. The summed E-state index contributed by atoms with van der Waals surface area (Å²) in [6, 6.07) is 22.7. The van der Waals surface area contributed by atoms with Crippen LogP contribution in [-0.4, -0.2) is 47.5 Å². The van der Waals surface area contributed by atoms with Gasteiger partial charge in [0.05, 0.1) is 6.61 Å². The highest BCUT2D eigenvalue weighted by Gasteiger charge is 2.33.